The normalized spacial score (nSPS) is 12.8. The minimum Gasteiger partial charge on any atom is -0.452 e. The number of aryl methyl sites for hydroxylation is 1. The molecule has 0 radical (unpaired) electrons. The number of para-hydroxylation sites is 1. The molecule has 4 nitrogen and oxygen atoms in total. The maximum atomic E-state index is 12.3. The third-order valence-corrected chi connectivity index (χ3v) is 4.11. The molecule has 0 aromatic heterocycles. The molecule has 0 unspecified atom stereocenters. The van der Waals surface area contributed by atoms with Crippen molar-refractivity contribution in [2.75, 3.05) is 18.1 Å². The Bertz CT molecular complexity index is 722. The number of benzene rings is 2. The van der Waals surface area contributed by atoms with Gasteiger partial charge in [0.05, 0.1) is 5.56 Å². The maximum Gasteiger partial charge on any atom is 0.338 e. The van der Waals surface area contributed by atoms with E-state index in [1.54, 1.807) is 17.0 Å². The van der Waals surface area contributed by atoms with Gasteiger partial charge < -0.3 is 9.64 Å². The number of anilines is 1. The number of carbonyl (C=O) groups is 2. The van der Waals surface area contributed by atoms with Crippen LogP contribution in [0.4, 0.5) is 5.69 Å². The Morgan fingerprint density at radius 3 is 2.57 bits per heavy atom. The van der Waals surface area contributed by atoms with E-state index in [0.29, 0.717) is 12.1 Å². The topological polar surface area (TPSA) is 46.6 Å². The Balaban J connectivity index is 1.60. The van der Waals surface area contributed by atoms with Crippen LogP contribution in [0.5, 0.6) is 0 Å². The number of carbonyl (C=O) groups excluding carboxylic acids is 2. The average molecular weight is 309 g/mol. The number of esters is 1. The van der Waals surface area contributed by atoms with Crippen LogP contribution in [0.1, 0.15) is 28.4 Å². The lowest BCUT2D eigenvalue weighted by atomic mass is 10.1. The molecule has 2 aromatic rings. The Labute approximate surface area is 135 Å². The molecule has 0 atom stereocenters. The Kier molecular flexibility index (Phi) is 4.42. The van der Waals surface area contributed by atoms with Crippen molar-refractivity contribution in [3.63, 3.8) is 0 Å². The van der Waals surface area contributed by atoms with Crippen molar-refractivity contribution in [2.24, 2.45) is 0 Å². The molecule has 0 aliphatic carbocycles. The van der Waals surface area contributed by atoms with Crippen LogP contribution in [0, 0.1) is 0 Å². The van der Waals surface area contributed by atoms with Gasteiger partial charge in [0, 0.05) is 12.2 Å². The van der Waals surface area contributed by atoms with Gasteiger partial charge in [0.25, 0.3) is 5.91 Å². The molecule has 0 saturated heterocycles. The lowest BCUT2D eigenvalue weighted by Crippen LogP contribution is -2.33. The quantitative estimate of drug-likeness (QED) is 0.816. The summed E-state index contributed by atoms with van der Waals surface area (Å²) >= 11 is 0. The van der Waals surface area contributed by atoms with Gasteiger partial charge in [-0.05, 0) is 42.2 Å². The zero-order chi connectivity index (χ0) is 16.2. The van der Waals surface area contributed by atoms with E-state index in [1.165, 1.54) is 0 Å². The number of fused-ring (bicyclic) bond motifs is 1. The number of hydrogen-bond donors (Lipinski definition) is 0. The van der Waals surface area contributed by atoms with Gasteiger partial charge in [-0.15, -0.1) is 0 Å². The van der Waals surface area contributed by atoms with Crippen molar-refractivity contribution in [3.8, 4) is 0 Å². The fourth-order valence-electron chi connectivity index (χ4n) is 2.76. The van der Waals surface area contributed by atoms with Gasteiger partial charge in [0.1, 0.15) is 0 Å². The molecule has 2 aromatic carbocycles. The monoisotopic (exact) mass is 309 g/mol. The molecule has 4 heteroatoms. The van der Waals surface area contributed by atoms with Gasteiger partial charge >= 0.3 is 5.97 Å². The highest BCUT2D eigenvalue weighted by atomic mass is 16.5. The molecule has 0 bridgehead atoms. The van der Waals surface area contributed by atoms with Crippen molar-refractivity contribution in [2.45, 2.75) is 19.8 Å². The number of ether oxygens (including phenoxy) is 1. The minimum atomic E-state index is -0.464. The molecule has 23 heavy (non-hydrogen) atoms. The first-order chi connectivity index (χ1) is 11.2. The first kappa shape index (κ1) is 15.3. The highest BCUT2D eigenvalue weighted by molar-refractivity contribution is 5.98. The number of nitrogens with zero attached hydrogens (tertiary/aromatic N) is 1. The second-order valence-electron chi connectivity index (χ2n) is 5.55. The lowest BCUT2D eigenvalue weighted by Gasteiger charge is -2.17. The molecule has 118 valence electrons. The van der Waals surface area contributed by atoms with E-state index in [9.17, 15) is 9.59 Å². The van der Waals surface area contributed by atoms with E-state index in [4.69, 9.17) is 4.74 Å². The van der Waals surface area contributed by atoms with Crippen LogP contribution in [0.25, 0.3) is 0 Å². The molecular weight excluding hydrogens is 290 g/mol. The fourth-order valence-corrected chi connectivity index (χ4v) is 2.76. The Morgan fingerprint density at radius 1 is 1.09 bits per heavy atom. The molecule has 0 N–H and O–H groups in total. The minimum absolute atomic E-state index is 0.187. The van der Waals surface area contributed by atoms with Gasteiger partial charge in [-0.2, -0.15) is 0 Å². The van der Waals surface area contributed by atoms with Crippen LogP contribution in [-0.2, 0) is 22.4 Å². The summed E-state index contributed by atoms with van der Waals surface area (Å²) < 4.78 is 5.16. The standard InChI is InChI=1S/C19H19NO3/c1-2-14-7-9-16(10-8-14)19(22)23-13-18(21)20-12-11-15-5-3-4-6-17(15)20/h3-10H,2,11-13H2,1H3. The summed E-state index contributed by atoms with van der Waals surface area (Å²) in [5.41, 5.74) is 3.70. The van der Waals surface area contributed by atoms with Crippen molar-refractivity contribution >= 4 is 17.6 Å². The van der Waals surface area contributed by atoms with Crippen LogP contribution in [0.15, 0.2) is 48.5 Å². The number of amides is 1. The zero-order valence-corrected chi connectivity index (χ0v) is 13.1. The van der Waals surface area contributed by atoms with Gasteiger partial charge in [-0.25, -0.2) is 4.79 Å². The lowest BCUT2D eigenvalue weighted by molar-refractivity contribution is -0.121. The van der Waals surface area contributed by atoms with Crippen molar-refractivity contribution in [1.29, 1.82) is 0 Å². The van der Waals surface area contributed by atoms with Gasteiger partial charge in [-0.3, -0.25) is 4.79 Å². The summed E-state index contributed by atoms with van der Waals surface area (Å²) in [5.74, 6) is -0.651. The van der Waals surface area contributed by atoms with E-state index in [-0.39, 0.29) is 12.5 Å². The second kappa shape index (κ2) is 6.65. The van der Waals surface area contributed by atoms with Crippen LogP contribution in [-0.4, -0.2) is 25.0 Å². The van der Waals surface area contributed by atoms with Gasteiger partial charge in [0.15, 0.2) is 6.61 Å². The fraction of sp³-hybridized carbons (Fsp3) is 0.263. The van der Waals surface area contributed by atoms with Gasteiger partial charge in [0.2, 0.25) is 0 Å². The predicted molar refractivity (Wildman–Crippen MR) is 88.6 cm³/mol. The molecule has 1 aliphatic heterocycles. The number of rotatable bonds is 4. The predicted octanol–water partition coefficient (Wildman–Crippen LogP) is 3.00. The van der Waals surface area contributed by atoms with E-state index >= 15 is 0 Å². The van der Waals surface area contributed by atoms with Crippen LogP contribution in [0.3, 0.4) is 0 Å². The largest absolute Gasteiger partial charge is 0.452 e. The molecule has 1 amide bonds. The summed E-state index contributed by atoms with van der Waals surface area (Å²) in [6, 6.07) is 15.1. The molecule has 3 rings (SSSR count). The summed E-state index contributed by atoms with van der Waals surface area (Å²) in [6.07, 6.45) is 1.76. The van der Waals surface area contributed by atoms with E-state index < -0.39 is 5.97 Å². The van der Waals surface area contributed by atoms with Gasteiger partial charge in [-0.1, -0.05) is 37.3 Å². The highest BCUT2D eigenvalue weighted by Gasteiger charge is 2.24. The second-order valence-corrected chi connectivity index (χ2v) is 5.55. The van der Waals surface area contributed by atoms with E-state index in [0.717, 1.165) is 29.7 Å². The molecule has 1 aliphatic rings. The number of hydrogen-bond acceptors (Lipinski definition) is 3. The molecule has 0 spiro atoms. The van der Waals surface area contributed by atoms with Crippen LogP contribution >= 0.6 is 0 Å². The third kappa shape index (κ3) is 3.26. The van der Waals surface area contributed by atoms with E-state index in [2.05, 4.69) is 6.92 Å². The smallest absolute Gasteiger partial charge is 0.338 e. The summed E-state index contributed by atoms with van der Waals surface area (Å²) in [4.78, 5) is 26.0. The van der Waals surface area contributed by atoms with Crippen LogP contribution in [0.2, 0.25) is 0 Å². The van der Waals surface area contributed by atoms with E-state index in [1.807, 2.05) is 36.4 Å². The molecule has 1 heterocycles. The van der Waals surface area contributed by atoms with Crippen molar-refractivity contribution < 1.29 is 14.3 Å². The summed E-state index contributed by atoms with van der Waals surface area (Å²) in [5, 5.41) is 0. The van der Waals surface area contributed by atoms with Crippen molar-refractivity contribution in [3.05, 3.63) is 65.2 Å². The van der Waals surface area contributed by atoms with Crippen molar-refractivity contribution in [1.82, 2.24) is 0 Å². The SMILES string of the molecule is CCc1ccc(C(=O)OCC(=O)N2CCc3ccccc32)cc1. The zero-order valence-electron chi connectivity index (χ0n) is 13.1. The van der Waals surface area contributed by atoms with Crippen LogP contribution < -0.4 is 4.90 Å². The summed E-state index contributed by atoms with van der Waals surface area (Å²) in [7, 11) is 0. The molecule has 0 fully saturated rings. The summed E-state index contributed by atoms with van der Waals surface area (Å²) in [6.45, 7) is 2.46. The third-order valence-electron chi connectivity index (χ3n) is 4.11. The highest BCUT2D eigenvalue weighted by Crippen LogP contribution is 2.27. The first-order valence-electron chi connectivity index (χ1n) is 7.83. The average Bonchev–Trinajstić information content (AvgIpc) is 3.03. The maximum absolute atomic E-state index is 12.3. The molecular formula is C19H19NO3. The molecule has 0 saturated carbocycles. The Hall–Kier alpha value is -2.62. The Morgan fingerprint density at radius 2 is 1.83 bits per heavy atom. The first-order valence-corrected chi connectivity index (χ1v) is 7.83.